The van der Waals surface area contributed by atoms with Gasteiger partial charge in [-0.25, -0.2) is 0 Å². The van der Waals surface area contributed by atoms with Crippen molar-refractivity contribution in [3.05, 3.63) is 41.2 Å². The number of para-hydroxylation sites is 1. The van der Waals surface area contributed by atoms with Gasteiger partial charge in [-0.2, -0.15) is 0 Å². The molecular formula is C13H15NO. The molecule has 0 aliphatic heterocycles. The fourth-order valence-electron chi connectivity index (χ4n) is 1.67. The number of aryl methyl sites for hydroxylation is 1. The Bertz CT molecular complexity index is 508. The van der Waals surface area contributed by atoms with Crippen molar-refractivity contribution in [2.45, 2.75) is 13.8 Å². The summed E-state index contributed by atoms with van der Waals surface area (Å²) in [5, 5.41) is 1.16. The minimum Gasteiger partial charge on any atom is -0.461 e. The molecule has 2 aromatic rings. The van der Waals surface area contributed by atoms with Gasteiger partial charge in [0.05, 0.1) is 0 Å². The lowest BCUT2D eigenvalue weighted by Gasteiger charge is -1.95. The quantitative estimate of drug-likeness (QED) is 0.810. The van der Waals surface area contributed by atoms with Crippen molar-refractivity contribution in [1.82, 2.24) is 0 Å². The van der Waals surface area contributed by atoms with Crippen LogP contribution in [-0.4, -0.2) is 6.54 Å². The summed E-state index contributed by atoms with van der Waals surface area (Å²) in [6.45, 7) is 4.59. The number of rotatable bonds is 2. The SMILES string of the molecule is C/C(=C/c1c(C)oc2ccccc12)CN. The van der Waals surface area contributed by atoms with E-state index in [9.17, 15) is 0 Å². The van der Waals surface area contributed by atoms with Gasteiger partial charge < -0.3 is 10.2 Å². The summed E-state index contributed by atoms with van der Waals surface area (Å²) in [4.78, 5) is 0. The van der Waals surface area contributed by atoms with E-state index in [0.717, 1.165) is 27.9 Å². The highest BCUT2D eigenvalue weighted by molar-refractivity contribution is 5.88. The number of furan rings is 1. The zero-order valence-corrected chi connectivity index (χ0v) is 9.08. The van der Waals surface area contributed by atoms with Crippen LogP contribution in [-0.2, 0) is 0 Å². The maximum atomic E-state index is 5.66. The molecule has 2 N–H and O–H groups in total. The van der Waals surface area contributed by atoms with Crippen molar-refractivity contribution in [1.29, 1.82) is 0 Å². The lowest BCUT2D eigenvalue weighted by atomic mass is 10.1. The molecule has 1 aromatic carbocycles. The van der Waals surface area contributed by atoms with E-state index in [4.69, 9.17) is 10.2 Å². The average molecular weight is 201 g/mol. The highest BCUT2D eigenvalue weighted by Crippen LogP contribution is 2.26. The van der Waals surface area contributed by atoms with Crippen LogP contribution in [0.4, 0.5) is 0 Å². The molecule has 2 rings (SSSR count). The fourth-order valence-corrected chi connectivity index (χ4v) is 1.67. The molecular weight excluding hydrogens is 186 g/mol. The summed E-state index contributed by atoms with van der Waals surface area (Å²) in [5.74, 6) is 0.948. The minimum absolute atomic E-state index is 0.582. The van der Waals surface area contributed by atoms with E-state index in [1.807, 2.05) is 32.0 Å². The van der Waals surface area contributed by atoms with Crippen LogP contribution in [0, 0.1) is 6.92 Å². The maximum absolute atomic E-state index is 5.66. The fraction of sp³-hybridized carbons (Fsp3) is 0.231. The number of nitrogens with two attached hydrogens (primary N) is 1. The second-order valence-corrected chi connectivity index (χ2v) is 3.76. The Balaban J connectivity index is 2.64. The topological polar surface area (TPSA) is 39.2 Å². The number of hydrogen-bond donors (Lipinski definition) is 1. The zero-order chi connectivity index (χ0) is 10.8. The van der Waals surface area contributed by atoms with Crippen LogP contribution in [0.25, 0.3) is 17.0 Å². The van der Waals surface area contributed by atoms with Crippen LogP contribution < -0.4 is 5.73 Å². The normalized spacial score (nSPS) is 12.3. The van der Waals surface area contributed by atoms with Crippen LogP contribution in [0.15, 0.2) is 34.3 Å². The molecule has 0 unspecified atom stereocenters. The maximum Gasteiger partial charge on any atom is 0.134 e. The van der Waals surface area contributed by atoms with E-state index in [2.05, 4.69) is 12.1 Å². The molecule has 1 heterocycles. The monoisotopic (exact) mass is 201 g/mol. The van der Waals surface area contributed by atoms with Gasteiger partial charge in [0.15, 0.2) is 0 Å². The van der Waals surface area contributed by atoms with Crippen molar-refractivity contribution in [3.8, 4) is 0 Å². The third-order valence-corrected chi connectivity index (χ3v) is 2.53. The Labute approximate surface area is 89.4 Å². The molecule has 0 saturated heterocycles. The minimum atomic E-state index is 0.582. The van der Waals surface area contributed by atoms with E-state index >= 15 is 0 Å². The third-order valence-electron chi connectivity index (χ3n) is 2.53. The molecule has 0 atom stereocenters. The Morgan fingerprint density at radius 3 is 2.87 bits per heavy atom. The van der Waals surface area contributed by atoms with Gasteiger partial charge in [-0.1, -0.05) is 29.8 Å². The molecule has 0 bridgehead atoms. The van der Waals surface area contributed by atoms with E-state index in [-0.39, 0.29) is 0 Å². The largest absolute Gasteiger partial charge is 0.461 e. The molecule has 0 saturated carbocycles. The van der Waals surface area contributed by atoms with Crippen molar-refractivity contribution < 1.29 is 4.42 Å². The van der Waals surface area contributed by atoms with Gasteiger partial charge in [-0.15, -0.1) is 0 Å². The van der Waals surface area contributed by atoms with Gasteiger partial charge in [-0.05, 0) is 19.9 Å². The first-order valence-electron chi connectivity index (χ1n) is 5.07. The van der Waals surface area contributed by atoms with Gasteiger partial charge in [0.25, 0.3) is 0 Å². The van der Waals surface area contributed by atoms with Gasteiger partial charge in [0.1, 0.15) is 11.3 Å². The first-order chi connectivity index (χ1) is 7.22. The zero-order valence-electron chi connectivity index (χ0n) is 9.08. The standard InChI is InChI=1S/C13H15NO/c1-9(8-14)7-12-10(2)15-13-6-4-3-5-11(12)13/h3-7H,8,14H2,1-2H3/b9-7-. The number of fused-ring (bicyclic) bond motifs is 1. The van der Waals surface area contributed by atoms with Crippen molar-refractivity contribution in [2.24, 2.45) is 5.73 Å². The predicted octanol–water partition coefficient (Wildman–Crippen LogP) is 3.10. The first-order valence-corrected chi connectivity index (χ1v) is 5.07. The number of hydrogen-bond acceptors (Lipinski definition) is 2. The average Bonchev–Trinajstić information content (AvgIpc) is 2.55. The van der Waals surface area contributed by atoms with E-state index < -0.39 is 0 Å². The molecule has 0 spiro atoms. The lowest BCUT2D eigenvalue weighted by molar-refractivity contribution is 0.577. The Hall–Kier alpha value is -1.54. The molecule has 0 amide bonds. The van der Waals surface area contributed by atoms with Gasteiger partial charge in [0, 0.05) is 17.5 Å². The van der Waals surface area contributed by atoms with Crippen LogP contribution in [0.2, 0.25) is 0 Å². The summed E-state index contributed by atoms with van der Waals surface area (Å²) in [5.41, 5.74) is 8.82. The molecule has 78 valence electrons. The summed E-state index contributed by atoms with van der Waals surface area (Å²) < 4.78 is 5.66. The van der Waals surface area contributed by atoms with E-state index in [1.165, 1.54) is 0 Å². The lowest BCUT2D eigenvalue weighted by Crippen LogP contribution is -1.99. The van der Waals surface area contributed by atoms with Gasteiger partial charge in [0.2, 0.25) is 0 Å². The molecule has 2 nitrogen and oxygen atoms in total. The summed E-state index contributed by atoms with van der Waals surface area (Å²) in [7, 11) is 0. The molecule has 15 heavy (non-hydrogen) atoms. The summed E-state index contributed by atoms with van der Waals surface area (Å²) >= 11 is 0. The van der Waals surface area contributed by atoms with E-state index in [0.29, 0.717) is 6.54 Å². The molecule has 1 aromatic heterocycles. The van der Waals surface area contributed by atoms with Crippen molar-refractivity contribution in [3.63, 3.8) is 0 Å². The second kappa shape index (κ2) is 3.91. The van der Waals surface area contributed by atoms with Crippen LogP contribution in [0.1, 0.15) is 18.2 Å². The highest BCUT2D eigenvalue weighted by atomic mass is 16.3. The second-order valence-electron chi connectivity index (χ2n) is 3.76. The Morgan fingerprint density at radius 2 is 2.13 bits per heavy atom. The van der Waals surface area contributed by atoms with Gasteiger partial charge in [-0.3, -0.25) is 0 Å². The van der Waals surface area contributed by atoms with Crippen molar-refractivity contribution in [2.75, 3.05) is 6.54 Å². The van der Waals surface area contributed by atoms with Crippen molar-refractivity contribution >= 4 is 17.0 Å². The smallest absolute Gasteiger partial charge is 0.134 e. The van der Waals surface area contributed by atoms with Crippen LogP contribution in [0.5, 0.6) is 0 Å². The first kappa shape index (κ1) is 9.99. The predicted molar refractivity (Wildman–Crippen MR) is 63.7 cm³/mol. The van der Waals surface area contributed by atoms with Crippen LogP contribution in [0.3, 0.4) is 0 Å². The summed E-state index contributed by atoms with van der Waals surface area (Å²) in [6, 6.07) is 8.06. The highest BCUT2D eigenvalue weighted by Gasteiger charge is 2.07. The summed E-state index contributed by atoms with van der Waals surface area (Å²) in [6.07, 6.45) is 2.10. The molecule has 0 aliphatic carbocycles. The third kappa shape index (κ3) is 1.81. The molecule has 0 fully saturated rings. The Morgan fingerprint density at radius 1 is 1.40 bits per heavy atom. The molecule has 2 heteroatoms. The Kier molecular flexibility index (Phi) is 2.60. The number of benzene rings is 1. The van der Waals surface area contributed by atoms with E-state index in [1.54, 1.807) is 0 Å². The molecule has 0 radical (unpaired) electrons. The van der Waals surface area contributed by atoms with Crippen LogP contribution >= 0.6 is 0 Å². The molecule has 0 aliphatic rings. The van der Waals surface area contributed by atoms with Gasteiger partial charge >= 0.3 is 0 Å².